The van der Waals surface area contributed by atoms with Gasteiger partial charge >= 0.3 is 6.18 Å². The molecule has 3 aromatic rings. The molecule has 0 aliphatic carbocycles. The number of aryl methyl sites for hydroxylation is 1. The molecule has 1 aliphatic heterocycles. The van der Waals surface area contributed by atoms with E-state index in [1.165, 1.54) is 17.4 Å². The lowest BCUT2D eigenvalue weighted by molar-refractivity contribution is -0.137. The SMILES string of the molecule is Cc1nc(-c2ccccc2)c(C(=O)N2CCCN(c3ccc(C(F)(F)F)cn3)CC2)s1. The van der Waals surface area contributed by atoms with Crippen LogP contribution in [0.3, 0.4) is 0 Å². The molecule has 9 heteroatoms. The van der Waals surface area contributed by atoms with Gasteiger partial charge < -0.3 is 9.80 Å². The van der Waals surface area contributed by atoms with Crippen LogP contribution in [0.25, 0.3) is 11.3 Å². The Labute approximate surface area is 182 Å². The lowest BCUT2D eigenvalue weighted by Crippen LogP contribution is -2.35. The van der Waals surface area contributed by atoms with Gasteiger partial charge in [0, 0.05) is 37.9 Å². The minimum Gasteiger partial charge on any atom is -0.355 e. The number of anilines is 1. The van der Waals surface area contributed by atoms with Crippen LogP contribution in [-0.2, 0) is 6.18 Å². The maximum Gasteiger partial charge on any atom is 0.417 e. The summed E-state index contributed by atoms with van der Waals surface area (Å²) in [4.78, 5) is 26.2. The summed E-state index contributed by atoms with van der Waals surface area (Å²) in [6.07, 6.45) is -2.85. The van der Waals surface area contributed by atoms with E-state index in [2.05, 4.69) is 9.97 Å². The molecule has 4 rings (SSSR count). The molecule has 0 atom stereocenters. The average molecular weight is 446 g/mol. The molecule has 1 aliphatic rings. The minimum atomic E-state index is -4.41. The van der Waals surface area contributed by atoms with Gasteiger partial charge in [-0.1, -0.05) is 30.3 Å². The molecule has 1 fully saturated rings. The van der Waals surface area contributed by atoms with Crippen LogP contribution in [0.4, 0.5) is 19.0 Å². The maximum absolute atomic E-state index is 13.3. The Kier molecular flexibility index (Phi) is 5.95. The van der Waals surface area contributed by atoms with E-state index in [9.17, 15) is 18.0 Å². The van der Waals surface area contributed by atoms with Crippen LogP contribution in [0.5, 0.6) is 0 Å². The second-order valence-corrected chi connectivity index (χ2v) is 8.52. The molecule has 0 unspecified atom stereocenters. The molecule has 0 saturated carbocycles. The molecule has 162 valence electrons. The first kappa shape index (κ1) is 21.3. The Morgan fingerprint density at radius 3 is 2.48 bits per heavy atom. The van der Waals surface area contributed by atoms with Crippen molar-refractivity contribution >= 4 is 23.1 Å². The van der Waals surface area contributed by atoms with Gasteiger partial charge in [-0.05, 0) is 25.5 Å². The van der Waals surface area contributed by atoms with E-state index in [0.29, 0.717) is 49.0 Å². The van der Waals surface area contributed by atoms with E-state index >= 15 is 0 Å². The second-order valence-electron chi connectivity index (χ2n) is 7.31. The first-order valence-corrected chi connectivity index (χ1v) is 10.7. The highest BCUT2D eigenvalue weighted by molar-refractivity contribution is 7.14. The maximum atomic E-state index is 13.3. The van der Waals surface area contributed by atoms with Gasteiger partial charge in [-0.2, -0.15) is 13.2 Å². The number of pyridine rings is 1. The smallest absolute Gasteiger partial charge is 0.355 e. The van der Waals surface area contributed by atoms with E-state index in [1.807, 2.05) is 42.2 Å². The Hall–Kier alpha value is -2.94. The van der Waals surface area contributed by atoms with Gasteiger partial charge in [0.05, 0.1) is 16.3 Å². The number of amides is 1. The first-order valence-electron chi connectivity index (χ1n) is 9.93. The third kappa shape index (κ3) is 4.71. The Bertz CT molecular complexity index is 1050. The zero-order chi connectivity index (χ0) is 22.0. The molecule has 0 spiro atoms. The summed E-state index contributed by atoms with van der Waals surface area (Å²) < 4.78 is 38.3. The summed E-state index contributed by atoms with van der Waals surface area (Å²) in [6.45, 7) is 4.04. The summed E-state index contributed by atoms with van der Waals surface area (Å²) in [5, 5.41) is 0.826. The number of rotatable bonds is 3. The van der Waals surface area contributed by atoms with Crippen molar-refractivity contribution in [1.82, 2.24) is 14.9 Å². The molecule has 5 nitrogen and oxygen atoms in total. The molecular weight excluding hydrogens is 425 g/mol. The molecule has 1 saturated heterocycles. The predicted octanol–water partition coefficient (Wildman–Crippen LogP) is 4.88. The number of nitrogens with zero attached hydrogens (tertiary/aromatic N) is 4. The summed E-state index contributed by atoms with van der Waals surface area (Å²) in [7, 11) is 0. The number of alkyl halides is 3. The fourth-order valence-electron chi connectivity index (χ4n) is 3.60. The fourth-order valence-corrected chi connectivity index (χ4v) is 4.51. The van der Waals surface area contributed by atoms with Gasteiger partial charge in [-0.3, -0.25) is 4.79 Å². The van der Waals surface area contributed by atoms with Gasteiger partial charge in [0.25, 0.3) is 5.91 Å². The zero-order valence-electron chi connectivity index (χ0n) is 16.9. The normalized spacial score (nSPS) is 15.1. The van der Waals surface area contributed by atoms with Crippen LogP contribution in [0.1, 0.15) is 26.7 Å². The summed E-state index contributed by atoms with van der Waals surface area (Å²) in [6, 6.07) is 12.1. The highest BCUT2D eigenvalue weighted by atomic mass is 32.1. The van der Waals surface area contributed by atoms with Gasteiger partial charge in [0.1, 0.15) is 10.7 Å². The van der Waals surface area contributed by atoms with Crippen molar-refractivity contribution in [2.24, 2.45) is 0 Å². The fraction of sp³-hybridized carbons (Fsp3) is 0.318. The summed E-state index contributed by atoms with van der Waals surface area (Å²) in [5.74, 6) is 0.424. The lowest BCUT2D eigenvalue weighted by atomic mass is 10.1. The Morgan fingerprint density at radius 1 is 1.03 bits per heavy atom. The van der Waals surface area contributed by atoms with Crippen LogP contribution < -0.4 is 4.90 Å². The van der Waals surface area contributed by atoms with Gasteiger partial charge in [-0.15, -0.1) is 11.3 Å². The van der Waals surface area contributed by atoms with Crippen LogP contribution in [0.2, 0.25) is 0 Å². The van der Waals surface area contributed by atoms with Crippen LogP contribution in [0, 0.1) is 6.92 Å². The Morgan fingerprint density at radius 2 is 1.81 bits per heavy atom. The molecule has 2 aromatic heterocycles. The molecule has 3 heterocycles. The number of thiazole rings is 1. The topological polar surface area (TPSA) is 49.3 Å². The largest absolute Gasteiger partial charge is 0.417 e. The van der Waals surface area contributed by atoms with Crippen LogP contribution in [0.15, 0.2) is 48.7 Å². The van der Waals surface area contributed by atoms with Crippen molar-refractivity contribution in [1.29, 1.82) is 0 Å². The second kappa shape index (κ2) is 8.66. The number of halogens is 3. The van der Waals surface area contributed by atoms with E-state index in [-0.39, 0.29) is 5.91 Å². The number of aromatic nitrogens is 2. The van der Waals surface area contributed by atoms with Crippen molar-refractivity contribution in [3.8, 4) is 11.3 Å². The third-order valence-corrected chi connectivity index (χ3v) is 6.12. The molecule has 1 amide bonds. The van der Waals surface area contributed by atoms with Gasteiger partial charge in [0.15, 0.2) is 0 Å². The lowest BCUT2D eigenvalue weighted by Gasteiger charge is -2.23. The number of carbonyl (C=O) groups is 1. The van der Waals surface area contributed by atoms with Crippen LogP contribution >= 0.6 is 11.3 Å². The average Bonchev–Trinajstić information content (AvgIpc) is 2.99. The van der Waals surface area contributed by atoms with E-state index in [1.54, 1.807) is 4.90 Å². The van der Waals surface area contributed by atoms with Crippen molar-refractivity contribution in [3.63, 3.8) is 0 Å². The van der Waals surface area contributed by atoms with Crippen LogP contribution in [-0.4, -0.2) is 47.0 Å². The number of benzene rings is 1. The van der Waals surface area contributed by atoms with E-state index in [0.717, 1.165) is 22.8 Å². The molecular formula is C22H21F3N4OS. The highest BCUT2D eigenvalue weighted by Gasteiger charge is 2.31. The molecule has 0 bridgehead atoms. The van der Waals surface area contributed by atoms with Crippen molar-refractivity contribution in [2.45, 2.75) is 19.5 Å². The van der Waals surface area contributed by atoms with E-state index in [4.69, 9.17) is 0 Å². The molecule has 0 radical (unpaired) electrons. The van der Waals surface area contributed by atoms with Crippen molar-refractivity contribution in [3.05, 3.63) is 64.1 Å². The zero-order valence-corrected chi connectivity index (χ0v) is 17.7. The highest BCUT2D eigenvalue weighted by Crippen LogP contribution is 2.31. The molecule has 0 N–H and O–H groups in total. The molecule has 31 heavy (non-hydrogen) atoms. The number of hydrogen-bond donors (Lipinski definition) is 0. The third-order valence-electron chi connectivity index (χ3n) is 5.16. The predicted molar refractivity (Wildman–Crippen MR) is 114 cm³/mol. The summed E-state index contributed by atoms with van der Waals surface area (Å²) in [5.41, 5.74) is 0.830. The number of hydrogen-bond acceptors (Lipinski definition) is 5. The monoisotopic (exact) mass is 446 g/mol. The minimum absolute atomic E-state index is 0.0633. The van der Waals surface area contributed by atoms with Gasteiger partial charge in [-0.25, -0.2) is 9.97 Å². The van der Waals surface area contributed by atoms with Crippen molar-refractivity contribution < 1.29 is 18.0 Å². The summed E-state index contributed by atoms with van der Waals surface area (Å²) >= 11 is 1.38. The first-order chi connectivity index (χ1) is 14.8. The molecule has 1 aromatic carbocycles. The van der Waals surface area contributed by atoms with E-state index < -0.39 is 11.7 Å². The quantitative estimate of drug-likeness (QED) is 0.575. The number of carbonyl (C=O) groups excluding carboxylic acids is 1. The van der Waals surface area contributed by atoms with Gasteiger partial charge in [0.2, 0.25) is 0 Å². The Balaban J connectivity index is 1.49. The van der Waals surface area contributed by atoms with Crippen molar-refractivity contribution in [2.75, 3.05) is 31.1 Å². The standard InChI is InChI=1S/C22H21F3N4OS/c1-15-27-19(16-6-3-2-4-7-16)20(31-15)21(30)29-11-5-10-28(12-13-29)18-9-8-17(14-26-18)22(23,24)25/h2-4,6-9,14H,5,10-13H2,1H3.